The molecule has 2 bridgehead atoms. The van der Waals surface area contributed by atoms with E-state index in [9.17, 15) is 0 Å². The van der Waals surface area contributed by atoms with Gasteiger partial charge in [0.05, 0.1) is 0 Å². The van der Waals surface area contributed by atoms with Crippen molar-refractivity contribution >= 4 is 0 Å². The smallest absolute Gasteiger partial charge is 0 e. The fourth-order valence-corrected chi connectivity index (χ4v) is 4.02. The van der Waals surface area contributed by atoms with Crippen molar-refractivity contribution in [3.8, 4) is 0 Å². The van der Waals surface area contributed by atoms with Crippen LogP contribution in [0.5, 0.6) is 0 Å². The standard InChI is InChI=1S/C10H16.C2H6.CH3.Y/c1-2-9-7-4-5-8(6-7)10(9)3-1;1-2;;/h7-10H,1-6H2;1-2H3;1H3;/q;;-1;. The Labute approximate surface area is 115 Å². The molecule has 1 heteroatoms. The first kappa shape index (κ1) is 15.1. The average Bonchev–Trinajstić information content (AvgIpc) is 2.81. The SMILES string of the molecule is C1CC2C3CCC(C3)C2C1.CC.[CH3-].[Y]. The second kappa shape index (κ2) is 6.64. The van der Waals surface area contributed by atoms with Gasteiger partial charge in [-0.1, -0.05) is 20.3 Å². The summed E-state index contributed by atoms with van der Waals surface area (Å²) in [5.74, 6) is 4.80. The third kappa shape index (κ3) is 2.43. The van der Waals surface area contributed by atoms with Crippen LogP contribution < -0.4 is 0 Å². The van der Waals surface area contributed by atoms with E-state index in [4.69, 9.17) is 0 Å². The summed E-state index contributed by atoms with van der Waals surface area (Å²) in [5.41, 5.74) is 0. The average molecular weight is 270 g/mol. The second-order valence-electron chi connectivity index (χ2n) is 4.59. The first-order chi connectivity index (χ1) is 5.95. The maximum absolute atomic E-state index is 2.00. The molecule has 0 aromatic rings. The minimum atomic E-state index is 0. The van der Waals surface area contributed by atoms with Crippen molar-refractivity contribution < 1.29 is 32.7 Å². The summed E-state index contributed by atoms with van der Waals surface area (Å²) in [6, 6.07) is 0. The summed E-state index contributed by atoms with van der Waals surface area (Å²) < 4.78 is 0. The first-order valence-electron chi connectivity index (χ1n) is 5.95. The molecule has 0 aromatic heterocycles. The minimum Gasteiger partial charge on any atom is -0.358 e. The summed E-state index contributed by atoms with van der Waals surface area (Å²) in [6.45, 7) is 4.00. The normalized spacial score (nSPS) is 41.6. The third-order valence-electron chi connectivity index (χ3n) is 4.35. The van der Waals surface area contributed by atoms with E-state index >= 15 is 0 Å². The fourth-order valence-electron chi connectivity index (χ4n) is 4.02. The van der Waals surface area contributed by atoms with Crippen LogP contribution in [0.2, 0.25) is 0 Å². The van der Waals surface area contributed by atoms with Crippen LogP contribution in [0.4, 0.5) is 0 Å². The van der Waals surface area contributed by atoms with Gasteiger partial charge in [0.25, 0.3) is 0 Å². The zero-order chi connectivity index (χ0) is 8.55. The number of fused-ring (bicyclic) bond motifs is 5. The van der Waals surface area contributed by atoms with E-state index in [0.29, 0.717) is 0 Å². The van der Waals surface area contributed by atoms with Crippen LogP contribution in [0.15, 0.2) is 0 Å². The van der Waals surface area contributed by atoms with Gasteiger partial charge in [-0.2, -0.15) is 0 Å². The molecule has 0 spiro atoms. The molecular weight excluding hydrogens is 245 g/mol. The zero-order valence-electron chi connectivity index (χ0n) is 10.1. The minimum absolute atomic E-state index is 0. The molecule has 14 heavy (non-hydrogen) atoms. The van der Waals surface area contributed by atoms with Crippen LogP contribution >= 0.6 is 0 Å². The Morgan fingerprint density at radius 1 is 0.786 bits per heavy atom. The predicted molar refractivity (Wildman–Crippen MR) is 59.4 cm³/mol. The van der Waals surface area contributed by atoms with Crippen LogP contribution in [0.3, 0.4) is 0 Å². The molecular formula is C13H25Y-. The van der Waals surface area contributed by atoms with E-state index in [1.165, 1.54) is 23.7 Å². The van der Waals surface area contributed by atoms with Crippen LogP contribution in [-0.4, -0.2) is 0 Å². The zero-order valence-corrected chi connectivity index (χ0v) is 13.0. The summed E-state index contributed by atoms with van der Waals surface area (Å²) in [5, 5.41) is 0. The molecule has 0 saturated heterocycles. The van der Waals surface area contributed by atoms with Crippen LogP contribution in [0.1, 0.15) is 52.4 Å². The number of hydrogen-bond donors (Lipinski definition) is 0. The van der Waals surface area contributed by atoms with Crippen LogP contribution in [0, 0.1) is 31.1 Å². The van der Waals surface area contributed by atoms with Crippen molar-refractivity contribution in [3.05, 3.63) is 7.43 Å². The maximum Gasteiger partial charge on any atom is 0 e. The quantitative estimate of drug-likeness (QED) is 0.575. The van der Waals surface area contributed by atoms with Crippen molar-refractivity contribution in [1.82, 2.24) is 0 Å². The molecule has 3 aliphatic carbocycles. The van der Waals surface area contributed by atoms with E-state index in [2.05, 4.69) is 0 Å². The molecule has 3 saturated carbocycles. The van der Waals surface area contributed by atoms with Gasteiger partial charge in [0.15, 0.2) is 0 Å². The van der Waals surface area contributed by atoms with Gasteiger partial charge in [0.2, 0.25) is 0 Å². The number of rotatable bonds is 0. The van der Waals surface area contributed by atoms with E-state index in [1.54, 1.807) is 38.5 Å². The molecule has 0 aromatic carbocycles. The van der Waals surface area contributed by atoms with E-state index in [1.807, 2.05) is 13.8 Å². The van der Waals surface area contributed by atoms with Gasteiger partial charge in [-0.05, 0) is 55.8 Å². The van der Waals surface area contributed by atoms with Crippen molar-refractivity contribution in [2.45, 2.75) is 52.4 Å². The van der Waals surface area contributed by atoms with Crippen molar-refractivity contribution in [2.75, 3.05) is 0 Å². The first-order valence-corrected chi connectivity index (χ1v) is 5.95. The van der Waals surface area contributed by atoms with Crippen molar-refractivity contribution in [2.24, 2.45) is 23.7 Å². The molecule has 0 heterocycles. The van der Waals surface area contributed by atoms with Gasteiger partial charge >= 0.3 is 0 Å². The molecule has 4 atom stereocenters. The Morgan fingerprint density at radius 2 is 1.21 bits per heavy atom. The van der Waals surface area contributed by atoms with Gasteiger partial charge < -0.3 is 7.43 Å². The molecule has 0 amide bonds. The summed E-state index contributed by atoms with van der Waals surface area (Å²) in [6.07, 6.45) is 9.53. The molecule has 0 N–H and O–H groups in total. The predicted octanol–water partition coefficient (Wildman–Crippen LogP) is 4.31. The second-order valence-corrected chi connectivity index (χ2v) is 4.59. The Morgan fingerprint density at radius 3 is 1.64 bits per heavy atom. The van der Waals surface area contributed by atoms with Gasteiger partial charge in [-0.25, -0.2) is 0 Å². The van der Waals surface area contributed by atoms with Gasteiger partial charge in [-0.3, -0.25) is 0 Å². The Kier molecular flexibility index (Phi) is 7.16. The molecule has 0 aliphatic heterocycles. The molecule has 1 radical (unpaired) electrons. The Balaban J connectivity index is 0.000000401. The molecule has 0 nitrogen and oxygen atoms in total. The maximum atomic E-state index is 2.00. The molecule has 81 valence electrons. The monoisotopic (exact) mass is 270 g/mol. The van der Waals surface area contributed by atoms with Crippen LogP contribution in [-0.2, 0) is 32.7 Å². The Hall–Kier alpha value is 1.10. The van der Waals surface area contributed by atoms with Crippen LogP contribution in [0.25, 0.3) is 0 Å². The van der Waals surface area contributed by atoms with Crippen molar-refractivity contribution in [3.63, 3.8) is 0 Å². The molecule has 3 fully saturated rings. The number of hydrogen-bond acceptors (Lipinski definition) is 0. The van der Waals surface area contributed by atoms with E-state index < -0.39 is 0 Å². The van der Waals surface area contributed by atoms with Gasteiger partial charge in [-0.15, -0.1) is 0 Å². The van der Waals surface area contributed by atoms with E-state index in [0.717, 1.165) is 0 Å². The summed E-state index contributed by atoms with van der Waals surface area (Å²) in [4.78, 5) is 0. The van der Waals surface area contributed by atoms with Gasteiger partial charge in [0, 0.05) is 32.7 Å². The molecule has 3 rings (SSSR count). The molecule has 4 unspecified atom stereocenters. The van der Waals surface area contributed by atoms with E-state index in [-0.39, 0.29) is 40.1 Å². The van der Waals surface area contributed by atoms with Crippen molar-refractivity contribution in [1.29, 1.82) is 0 Å². The molecule has 3 aliphatic rings. The fraction of sp³-hybridized carbons (Fsp3) is 0.923. The Bertz CT molecular complexity index is 139. The van der Waals surface area contributed by atoms with Gasteiger partial charge in [0.1, 0.15) is 0 Å². The topological polar surface area (TPSA) is 0 Å². The summed E-state index contributed by atoms with van der Waals surface area (Å²) in [7, 11) is 0. The largest absolute Gasteiger partial charge is 0.358 e. The summed E-state index contributed by atoms with van der Waals surface area (Å²) >= 11 is 0. The third-order valence-corrected chi connectivity index (χ3v) is 4.35.